The largest absolute Gasteiger partial charge is 0.573 e. The van der Waals surface area contributed by atoms with Gasteiger partial charge in [-0.05, 0) is 78.6 Å². The number of hydrogen-bond acceptors (Lipinski definition) is 4. The molecule has 1 aliphatic rings. The molecule has 0 aliphatic heterocycles. The summed E-state index contributed by atoms with van der Waals surface area (Å²) < 4.78 is 43.7. The average Bonchev–Trinajstić information content (AvgIpc) is 3.08. The molecule has 0 radical (unpaired) electrons. The zero-order chi connectivity index (χ0) is 25.4. The number of aromatic nitrogens is 2. The van der Waals surface area contributed by atoms with Gasteiger partial charge in [0.1, 0.15) is 5.75 Å². The van der Waals surface area contributed by atoms with E-state index in [4.69, 9.17) is 10.7 Å². The first-order valence-electron chi connectivity index (χ1n) is 11.5. The third-order valence-corrected chi connectivity index (χ3v) is 6.23. The van der Waals surface area contributed by atoms with Crippen LogP contribution in [0.5, 0.6) is 5.75 Å². The molecule has 6 nitrogen and oxygen atoms in total. The summed E-state index contributed by atoms with van der Waals surface area (Å²) >= 11 is 0. The van der Waals surface area contributed by atoms with E-state index >= 15 is 0 Å². The first kappa shape index (κ1) is 24.6. The van der Waals surface area contributed by atoms with Gasteiger partial charge in [-0.15, -0.1) is 13.2 Å². The monoisotopic (exact) mass is 486 g/mol. The van der Waals surface area contributed by atoms with Gasteiger partial charge in [0.05, 0.1) is 11.0 Å². The van der Waals surface area contributed by atoms with Gasteiger partial charge in [-0.25, -0.2) is 4.98 Å². The van der Waals surface area contributed by atoms with Gasteiger partial charge in [-0.3, -0.25) is 4.79 Å². The maximum atomic E-state index is 12.5. The standard InChI is InChI=1S/C26H29F3N4O2/c1-16-12-19(15-25(2,3)14-16)33-22-10-4-17(5-11-23(30)34)13-21(22)32-24(33)31-18-6-8-20(9-7-18)35-26(27,28)29/h4-11,13,16,19H,12,14-15H2,1-3H3,(H2,30,34)(H,31,32)/t16-,19+/m1/s1. The molecule has 0 saturated heterocycles. The quantitative estimate of drug-likeness (QED) is 0.387. The molecule has 9 heteroatoms. The molecule has 0 spiro atoms. The number of carbonyl (C=O) groups is 1. The minimum atomic E-state index is -4.74. The van der Waals surface area contributed by atoms with Crippen molar-refractivity contribution in [1.29, 1.82) is 0 Å². The molecule has 4 rings (SSSR count). The van der Waals surface area contributed by atoms with E-state index in [0.717, 1.165) is 35.9 Å². The second-order valence-corrected chi connectivity index (χ2v) is 10.1. The van der Waals surface area contributed by atoms with E-state index in [1.165, 1.54) is 30.3 Å². The van der Waals surface area contributed by atoms with Crippen molar-refractivity contribution in [1.82, 2.24) is 9.55 Å². The van der Waals surface area contributed by atoms with Gasteiger partial charge in [-0.1, -0.05) is 26.8 Å². The Morgan fingerprint density at radius 2 is 1.91 bits per heavy atom. The van der Waals surface area contributed by atoms with Crippen molar-refractivity contribution in [3.05, 3.63) is 54.1 Å². The van der Waals surface area contributed by atoms with E-state index in [1.54, 1.807) is 6.08 Å². The maximum Gasteiger partial charge on any atom is 0.573 e. The Bertz CT molecular complexity index is 1250. The predicted molar refractivity (Wildman–Crippen MR) is 130 cm³/mol. The summed E-state index contributed by atoms with van der Waals surface area (Å²) in [4.78, 5) is 15.9. The van der Waals surface area contributed by atoms with Gasteiger partial charge in [-0.2, -0.15) is 0 Å². The summed E-state index contributed by atoms with van der Waals surface area (Å²) in [5.41, 5.74) is 8.45. The van der Waals surface area contributed by atoms with Gasteiger partial charge in [0.2, 0.25) is 11.9 Å². The molecule has 1 fully saturated rings. The lowest BCUT2D eigenvalue weighted by molar-refractivity contribution is -0.274. The summed E-state index contributed by atoms with van der Waals surface area (Å²) in [6.07, 6.45) is 1.30. The number of rotatable bonds is 6. The second kappa shape index (κ2) is 9.28. The summed E-state index contributed by atoms with van der Waals surface area (Å²) in [6.45, 7) is 6.80. The Morgan fingerprint density at radius 1 is 1.20 bits per heavy atom. The van der Waals surface area contributed by atoms with E-state index in [-0.39, 0.29) is 17.2 Å². The molecule has 1 saturated carbocycles. The van der Waals surface area contributed by atoms with Crippen LogP contribution in [0.15, 0.2) is 48.5 Å². The van der Waals surface area contributed by atoms with E-state index < -0.39 is 12.3 Å². The SMILES string of the molecule is C[C@@H]1C[C@H](n2c(Nc3ccc(OC(F)(F)F)cc3)nc3cc(C=CC(N)=O)ccc32)CC(C)(C)C1. The number of alkyl halides is 3. The Hall–Kier alpha value is -3.49. The Balaban J connectivity index is 1.73. The smallest absolute Gasteiger partial charge is 0.406 e. The lowest BCUT2D eigenvalue weighted by atomic mass is 9.70. The molecule has 1 amide bonds. The molecule has 3 N–H and O–H groups in total. The van der Waals surface area contributed by atoms with Gasteiger partial charge < -0.3 is 20.4 Å². The zero-order valence-electron chi connectivity index (χ0n) is 19.9. The van der Waals surface area contributed by atoms with Crippen LogP contribution in [0.25, 0.3) is 17.1 Å². The van der Waals surface area contributed by atoms with Crippen LogP contribution in [0, 0.1) is 11.3 Å². The van der Waals surface area contributed by atoms with Crippen LogP contribution in [0.1, 0.15) is 51.6 Å². The van der Waals surface area contributed by atoms with Crippen LogP contribution in [-0.2, 0) is 4.79 Å². The number of fused-ring (bicyclic) bond motifs is 1. The van der Waals surface area contributed by atoms with E-state index in [9.17, 15) is 18.0 Å². The van der Waals surface area contributed by atoms with Gasteiger partial charge in [0, 0.05) is 17.8 Å². The third-order valence-electron chi connectivity index (χ3n) is 6.23. The molecule has 1 aliphatic carbocycles. The van der Waals surface area contributed by atoms with Crippen LogP contribution in [0.4, 0.5) is 24.8 Å². The van der Waals surface area contributed by atoms with E-state index in [2.05, 4.69) is 35.4 Å². The molecule has 2 atom stereocenters. The van der Waals surface area contributed by atoms with Crippen LogP contribution in [0.3, 0.4) is 0 Å². The lowest BCUT2D eigenvalue weighted by Gasteiger charge is -2.40. The van der Waals surface area contributed by atoms with Gasteiger partial charge in [0.25, 0.3) is 0 Å². The minimum absolute atomic E-state index is 0.164. The summed E-state index contributed by atoms with van der Waals surface area (Å²) in [5, 5.41) is 3.28. The average molecular weight is 487 g/mol. The summed E-state index contributed by atoms with van der Waals surface area (Å²) in [6, 6.07) is 11.5. The fourth-order valence-electron chi connectivity index (χ4n) is 5.22. The molecular weight excluding hydrogens is 457 g/mol. The Morgan fingerprint density at radius 3 is 2.54 bits per heavy atom. The number of imidazole rings is 1. The number of halogens is 3. The molecule has 0 bridgehead atoms. The molecule has 186 valence electrons. The van der Waals surface area contributed by atoms with Crippen molar-refractivity contribution in [3.8, 4) is 5.75 Å². The molecular formula is C26H29F3N4O2. The van der Waals surface area contributed by atoms with Crippen molar-refractivity contribution in [2.24, 2.45) is 17.1 Å². The van der Waals surface area contributed by atoms with E-state index in [1.807, 2.05) is 18.2 Å². The summed E-state index contributed by atoms with van der Waals surface area (Å²) in [5.74, 6) is 0.320. The second-order valence-electron chi connectivity index (χ2n) is 10.1. The van der Waals surface area contributed by atoms with Crippen molar-refractivity contribution >= 4 is 34.7 Å². The highest BCUT2D eigenvalue weighted by Crippen LogP contribution is 2.46. The highest BCUT2D eigenvalue weighted by atomic mass is 19.4. The van der Waals surface area contributed by atoms with Gasteiger partial charge >= 0.3 is 6.36 Å². The van der Waals surface area contributed by atoms with Crippen LogP contribution in [-0.4, -0.2) is 21.8 Å². The molecule has 3 aromatic rings. The normalized spacial score (nSPS) is 20.3. The number of ether oxygens (including phenoxy) is 1. The van der Waals surface area contributed by atoms with Crippen LogP contribution >= 0.6 is 0 Å². The maximum absolute atomic E-state index is 12.5. The molecule has 2 aromatic carbocycles. The third kappa shape index (κ3) is 6.15. The number of hydrogen-bond donors (Lipinski definition) is 2. The number of nitrogens with two attached hydrogens (primary N) is 1. The fourth-order valence-corrected chi connectivity index (χ4v) is 5.22. The van der Waals surface area contributed by atoms with Crippen molar-refractivity contribution in [2.45, 2.75) is 52.4 Å². The number of primary amides is 1. The predicted octanol–water partition coefficient (Wildman–Crippen LogP) is 6.56. The number of benzene rings is 2. The minimum Gasteiger partial charge on any atom is -0.406 e. The topological polar surface area (TPSA) is 82.2 Å². The van der Waals surface area contributed by atoms with Gasteiger partial charge in [0.15, 0.2) is 0 Å². The van der Waals surface area contributed by atoms with E-state index in [0.29, 0.717) is 17.6 Å². The number of carbonyl (C=O) groups excluding carboxylic acids is 1. The van der Waals surface area contributed by atoms with Crippen LogP contribution in [0.2, 0.25) is 0 Å². The molecule has 1 aromatic heterocycles. The zero-order valence-corrected chi connectivity index (χ0v) is 19.9. The highest BCUT2D eigenvalue weighted by molar-refractivity contribution is 5.91. The first-order valence-corrected chi connectivity index (χ1v) is 11.5. The highest BCUT2D eigenvalue weighted by Gasteiger charge is 2.35. The Kier molecular flexibility index (Phi) is 6.53. The van der Waals surface area contributed by atoms with Crippen molar-refractivity contribution < 1.29 is 22.7 Å². The van der Waals surface area contributed by atoms with Crippen molar-refractivity contribution in [3.63, 3.8) is 0 Å². The van der Waals surface area contributed by atoms with Crippen molar-refractivity contribution in [2.75, 3.05) is 5.32 Å². The summed E-state index contributed by atoms with van der Waals surface area (Å²) in [7, 11) is 0. The number of anilines is 2. The molecule has 35 heavy (non-hydrogen) atoms. The number of nitrogens with zero attached hydrogens (tertiary/aromatic N) is 2. The lowest BCUT2D eigenvalue weighted by Crippen LogP contribution is -2.29. The molecule has 1 heterocycles. The fraction of sp³-hybridized carbons (Fsp3) is 0.385. The van der Waals surface area contributed by atoms with Crippen LogP contribution < -0.4 is 15.8 Å². The number of nitrogens with one attached hydrogen (secondary N) is 1. The first-order chi connectivity index (χ1) is 16.4. The Labute approximate surface area is 202 Å². The molecule has 0 unspecified atom stereocenters. The number of amides is 1.